The topological polar surface area (TPSA) is 118 Å². The SMILES string of the molecule is COc1ccc(CNC(=O)C(=O)N/N=C\c2cc(Br)ccc2OCC(=O)Nc2ccc(C)c(C)c2)cc1. The van der Waals surface area contributed by atoms with Gasteiger partial charge in [-0.25, -0.2) is 5.43 Å². The summed E-state index contributed by atoms with van der Waals surface area (Å²) >= 11 is 3.37. The van der Waals surface area contributed by atoms with Crippen LogP contribution in [0.25, 0.3) is 0 Å². The summed E-state index contributed by atoms with van der Waals surface area (Å²) in [5, 5.41) is 9.17. The molecule has 10 heteroatoms. The van der Waals surface area contributed by atoms with E-state index in [4.69, 9.17) is 9.47 Å². The van der Waals surface area contributed by atoms with E-state index in [9.17, 15) is 14.4 Å². The van der Waals surface area contributed by atoms with Crippen molar-refractivity contribution in [2.75, 3.05) is 19.0 Å². The third kappa shape index (κ3) is 8.46. The molecule has 0 atom stereocenters. The van der Waals surface area contributed by atoms with Gasteiger partial charge in [0, 0.05) is 22.3 Å². The third-order valence-corrected chi connectivity index (χ3v) is 5.80. The minimum Gasteiger partial charge on any atom is -0.497 e. The minimum absolute atomic E-state index is 0.174. The third-order valence-electron chi connectivity index (χ3n) is 5.31. The highest BCUT2D eigenvalue weighted by atomic mass is 79.9. The van der Waals surface area contributed by atoms with E-state index in [2.05, 4.69) is 37.1 Å². The van der Waals surface area contributed by atoms with Crippen molar-refractivity contribution in [1.82, 2.24) is 10.7 Å². The van der Waals surface area contributed by atoms with Gasteiger partial charge in [-0.3, -0.25) is 14.4 Å². The van der Waals surface area contributed by atoms with Crippen LogP contribution in [0.4, 0.5) is 5.69 Å². The van der Waals surface area contributed by atoms with E-state index < -0.39 is 11.8 Å². The van der Waals surface area contributed by atoms with E-state index in [0.29, 0.717) is 22.7 Å². The van der Waals surface area contributed by atoms with E-state index >= 15 is 0 Å². The first-order valence-electron chi connectivity index (χ1n) is 11.3. The molecule has 0 saturated carbocycles. The Labute approximate surface area is 223 Å². The van der Waals surface area contributed by atoms with Gasteiger partial charge in [0.05, 0.1) is 13.3 Å². The Morgan fingerprint density at radius 3 is 2.41 bits per heavy atom. The average molecular weight is 567 g/mol. The van der Waals surface area contributed by atoms with Gasteiger partial charge < -0.3 is 20.1 Å². The molecule has 0 fully saturated rings. The van der Waals surface area contributed by atoms with Crippen molar-refractivity contribution in [1.29, 1.82) is 0 Å². The second kappa shape index (κ2) is 13.2. The number of ether oxygens (including phenoxy) is 2. The van der Waals surface area contributed by atoms with Crippen LogP contribution in [-0.2, 0) is 20.9 Å². The molecule has 3 N–H and O–H groups in total. The Bertz CT molecular complexity index is 1310. The Hall–Kier alpha value is -4.18. The lowest BCUT2D eigenvalue weighted by Gasteiger charge is -2.11. The van der Waals surface area contributed by atoms with Gasteiger partial charge in [0.1, 0.15) is 11.5 Å². The molecule has 37 heavy (non-hydrogen) atoms. The van der Waals surface area contributed by atoms with Crippen molar-refractivity contribution in [2.24, 2.45) is 5.10 Å². The second-order valence-electron chi connectivity index (χ2n) is 8.05. The summed E-state index contributed by atoms with van der Waals surface area (Å²) in [5.74, 6) is -1.01. The summed E-state index contributed by atoms with van der Waals surface area (Å²) in [7, 11) is 1.56. The van der Waals surface area contributed by atoms with Crippen LogP contribution in [0, 0.1) is 13.8 Å². The zero-order valence-corrected chi connectivity index (χ0v) is 22.2. The van der Waals surface area contributed by atoms with Gasteiger partial charge in [-0.05, 0) is 73.0 Å². The van der Waals surface area contributed by atoms with Crippen LogP contribution in [0.2, 0.25) is 0 Å². The number of methoxy groups -OCH3 is 1. The number of nitrogens with one attached hydrogen (secondary N) is 3. The van der Waals surface area contributed by atoms with Crippen LogP contribution in [0.15, 0.2) is 70.2 Å². The van der Waals surface area contributed by atoms with E-state index in [1.54, 1.807) is 49.6 Å². The fourth-order valence-corrected chi connectivity index (χ4v) is 3.51. The summed E-state index contributed by atoms with van der Waals surface area (Å²) < 4.78 is 11.5. The zero-order chi connectivity index (χ0) is 26.8. The van der Waals surface area contributed by atoms with Crippen LogP contribution in [0.3, 0.4) is 0 Å². The molecule has 3 rings (SSSR count). The molecule has 0 saturated heterocycles. The van der Waals surface area contributed by atoms with Crippen molar-refractivity contribution in [3.05, 3.63) is 87.4 Å². The van der Waals surface area contributed by atoms with Gasteiger partial charge in [-0.1, -0.05) is 34.1 Å². The largest absolute Gasteiger partial charge is 0.497 e. The standard InChI is InChI=1S/C27H27BrN4O5/c1-17-4-8-22(12-18(17)2)31-25(33)16-37-24-11-7-21(28)13-20(24)15-30-32-27(35)26(34)29-14-19-5-9-23(36-3)10-6-19/h4-13,15H,14,16H2,1-3H3,(H,29,34)(H,31,33)(H,32,35)/b30-15-. The Morgan fingerprint density at radius 2 is 1.70 bits per heavy atom. The van der Waals surface area contributed by atoms with Crippen LogP contribution in [0.5, 0.6) is 11.5 Å². The lowest BCUT2D eigenvalue weighted by Crippen LogP contribution is -2.37. The molecule has 0 radical (unpaired) electrons. The second-order valence-corrected chi connectivity index (χ2v) is 8.96. The number of hydrogen-bond acceptors (Lipinski definition) is 6. The first-order chi connectivity index (χ1) is 17.7. The van der Waals surface area contributed by atoms with E-state index in [1.807, 2.05) is 32.0 Å². The van der Waals surface area contributed by atoms with Crippen LogP contribution < -0.4 is 25.5 Å². The van der Waals surface area contributed by atoms with Gasteiger partial charge >= 0.3 is 11.8 Å². The first kappa shape index (κ1) is 27.4. The molecule has 3 amide bonds. The highest BCUT2D eigenvalue weighted by molar-refractivity contribution is 9.10. The predicted octanol–water partition coefficient (Wildman–Crippen LogP) is 3.86. The fraction of sp³-hybridized carbons (Fsp3) is 0.185. The number of benzene rings is 3. The van der Waals surface area contributed by atoms with Crippen LogP contribution >= 0.6 is 15.9 Å². The number of carbonyl (C=O) groups is 3. The van der Waals surface area contributed by atoms with Gasteiger partial charge in [0.25, 0.3) is 5.91 Å². The quantitative estimate of drug-likeness (QED) is 0.206. The molecule has 0 bridgehead atoms. The summed E-state index contributed by atoms with van der Waals surface area (Å²) in [4.78, 5) is 36.5. The molecule has 3 aromatic rings. The molecule has 0 aliphatic carbocycles. The summed E-state index contributed by atoms with van der Waals surface area (Å²) in [6, 6.07) is 17.9. The van der Waals surface area contributed by atoms with Gasteiger partial charge in [-0.2, -0.15) is 5.10 Å². The molecule has 0 heterocycles. The lowest BCUT2D eigenvalue weighted by atomic mass is 10.1. The molecular weight excluding hydrogens is 540 g/mol. The molecule has 0 spiro atoms. The predicted molar refractivity (Wildman–Crippen MR) is 145 cm³/mol. The molecule has 0 aliphatic heterocycles. The molecular formula is C27H27BrN4O5. The zero-order valence-electron chi connectivity index (χ0n) is 20.6. The maximum atomic E-state index is 12.3. The minimum atomic E-state index is -0.921. The van der Waals surface area contributed by atoms with E-state index in [0.717, 1.165) is 21.2 Å². The fourth-order valence-electron chi connectivity index (χ4n) is 3.13. The number of rotatable bonds is 9. The van der Waals surface area contributed by atoms with Crippen molar-refractivity contribution < 1.29 is 23.9 Å². The summed E-state index contributed by atoms with van der Waals surface area (Å²) in [6.07, 6.45) is 1.33. The van der Waals surface area contributed by atoms with Crippen molar-refractivity contribution in [2.45, 2.75) is 20.4 Å². The maximum Gasteiger partial charge on any atom is 0.329 e. The average Bonchev–Trinajstić information content (AvgIpc) is 2.89. The number of anilines is 1. The summed E-state index contributed by atoms with van der Waals surface area (Å²) in [6.45, 7) is 3.92. The molecule has 3 aromatic carbocycles. The molecule has 0 unspecified atom stereocenters. The molecule has 0 aromatic heterocycles. The van der Waals surface area contributed by atoms with Crippen molar-refractivity contribution >= 4 is 45.6 Å². The van der Waals surface area contributed by atoms with Crippen molar-refractivity contribution in [3.63, 3.8) is 0 Å². The number of aryl methyl sites for hydroxylation is 2. The maximum absolute atomic E-state index is 12.3. The van der Waals surface area contributed by atoms with Crippen LogP contribution in [-0.4, -0.2) is 37.7 Å². The van der Waals surface area contributed by atoms with Crippen molar-refractivity contribution in [3.8, 4) is 11.5 Å². The molecule has 9 nitrogen and oxygen atoms in total. The number of carbonyl (C=O) groups excluding carboxylic acids is 3. The van der Waals surface area contributed by atoms with Gasteiger partial charge in [0.15, 0.2) is 6.61 Å². The highest BCUT2D eigenvalue weighted by Gasteiger charge is 2.13. The summed E-state index contributed by atoms with van der Waals surface area (Å²) in [5.41, 5.74) is 6.38. The van der Waals surface area contributed by atoms with E-state index in [1.165, 1.54) is 6.21 Å². The van der Waals surface area contributed by atoms with Crippen LogP contribution in [0.1, 0.15) is 22.3 Å². The number of hydrazone groups is 1. The first-order valence-corrected chi connectivity index (χ1v) is 12.1. The number of amides is 3. The highest BCUT2D eigenvalue weighted by Crippen LogP contribution is 2.22. The molecule has 0 aliphatic rings. The van der Waals surface area contributed by atoms with Gasteiger partial charge in [0.2, 0.25) is 0 Å². The van der Waals surface area contributed by atoms with E-state index in [-0.39, 0.29) is 19.1 Å². The molecule has 192 valence electrons. The normalized spacial score (nSPS) is 10.6. The van der Waals surface area contributed by atoms with Gasteiger partial charge in [-0.15, -0.1) is 0 Å². The Morgan fingerprint density at radius 1 is 0.946 bits per heavy atom. The smallest absolute Gasteiger partial charge is 0.329 e. The number of hydrogen-bond donors (Lipinski definition) is 3. The number of nitrogens with zero attached hydrogens (tertiary/aromatic N) is 1. The number of halogens is 1. The Balaban J connectivity index is 1.52. The monoisotopic (exact) mass is 566 g/mol. The lowest BCUT2D eigenvalue weighted by molar-refractivity contribution is -0.139. The Kier molecular flexibility index (Phi) is 9.79.